The number of rotatable bonds is 4. The monoisotopic (exact) mass is 298 g/mol. The summed E-state index contributed by atoms with van der Waals surface area (Å²) < 4.78 is 0. The van der Waals surface area contributed by atoms with Gasteiger partial charge in [-0.3, -0.25) is 4.79 Å². The highest BCUT2D eigenvalue weighted by Gasteiger charge is 2.23. The summed E-state index contributed by atoms with van der Waals surface area (Å²) in [7, 11) is -1.27. The van der Waals surface area contributed by atoms with E-state index in [1.165, 1.54) is 0 Å². The van der Waals surface area contributed by atoms with Crippen molar-refractivity contribution < 1.29 is 4.79 Å². The molecule has 0 radical (unpaired) electrons. The maximum Gasteiger partial charge on any atom is 0.154 e. The van der Waals surface area contributed by atoms with Gasteiger partial charge < -0.3 is 0 Å². The van der Waals surface area contributed by atoms with Gasteiger partial charge in [0.15, 0.2) is 5.15 Å². The van der Waals surface area contributed by atoms with Gasteiger partial charge >= 0.3 is 0 Å². The molecule has 0 N–H and O–H groups in total. The first-order valence-corrected chi connectivity index (χ1v) is 10.6. The van der Waals surface area contributed by atoms with E-state index in [0.29, 0.717) is 11.6 Å². The third-order valence-corrected chi connectivity index (χ3v) is 4.53. The fourth-order valence-electron chi connectivity index (χ4n) is 1.67. The predicted molar refractivity (Wildman–Crippen MR) is 82.3 cm³/mol. The Balaban J connectivity index is 2.94. The van der Waals surface area contributed by atoms with Gasteiger partial charge in [-0.25, -0.2) is 0 Å². The van der Waals surface area contributed by atoms with Crippen molar-refractivity contribution >= 4 is 25.5 Å². The molecule has 0 spiro atoms. The first-order valence-electron chi connectivity index (χ1n) is 6.53. The minimum atomic E-state index is -1.27. The standard InChI is InChI=1S/C14H23ClN2OSi/c1-14(2,3)12(18)8-11-7-10(9-19(4,5)6)13(15)17-16-11/h7H,8-9H2,1-6H3. The van der Waals surface area contributed by atoms with Crippen molar-refractivity contribution in [3.05, 3.63) is 22.5 Å². The van der Waals surface area contributed by atoms with Crippen LogP contribution in [0.2, 0.25) is 24.8 Å². The van der Waals surface area contributed by atoms with Crippen LogP contribution < -0.4 is 0 Å². The highest BCUT2D eigenvalue weighted by atomic mass is 35.5. The van der Waals surface area contributed by atoms with Crippen LogP contribution in [0, 0.1) is 5.41 Å². The van der Waals surface area contributed by atoms with Crippen molar-refractivity contribution in [3.63, 3.8) is 0 Å². The Morgan fingerprint density at radius 3 is 2.32 bits per heavy atom. The Kier molecular flexibility index (Phi) is 4.90. The SMILES string of the molecule is CC(C)(C)C(=O)Cc1cc(C[Si](C)(C)C)c(Cl)nn1. The van der Waals surface area contributed by atoms with E-state index in [0.717, 1.165) is 17.3 Å². The van der Waals surface area contributed by atoms with E-state index in [-0.39, 0.29) is 11.2 Å². The number of Topliss-reactive ketones (excluding diaryl/α,β-unsaturated/α-hetero) is 1. The molecule has 0 fully saturated rings. The minimum Gasteiger partial charge on any atom is -0.299 e. The minimum absolute atomic E-state index is 0.170. The molecule has 1 rings (SSSR count). The molecule has 0 unspecified atom stereocenters. The topological polar surface area (TPSA) is 42.9 Å². The van der Waals surface area contributed by atoms with Crippen LogP contribution in [0.15, 0.2) is 6.07 Å². The number of hydrogen-bond donors (Lipinski definition) is 0. The molecule has 0 aliphatic rings. The molecule has 0 aliphatic carbocycles. The van der Waals surface area contributed by atoms with Crippen molar-refractivity contribution in [2.24, 2.45) is 5.41 Å². The van der Waals surface area contributed by atoms with Crippen LogP contribution in [0.4, 0.5) is 0 Å². The summed E-state index contributed by atoms with van der Waals surface area (Å²) in [6.45, 7) is 12.6. The van der Waals surface area contributed by atoms with Crippen molar-refractivity contribution in [2.75, 3.05) is 0 Å². The summed E-state index contributed by atoms with van der Waals surface area (Å²) in [5.41, 5.74) is 1.39. The summed E-state index contributed by atoms with van der Waals surface area (Å²) in [5.74, 6) is 0.170. The van der Waals surface area contributed by atoms with Crippen LogP contribution in [0.5, 0.6) is 0 Å². The molecule has 0 amide bonds. The molecule has 0 aromatic carbocycles. The van der Waals surface area contributed by atoms with Crippen LogP contribution in [0.3, 0.4) is 0 Å². The molecule has 19 heavy (non-hydrogen) atoms. The Morgan fingerprint density at radius 2 is 1.84 bits per heavy atom. The maximum atomic E-state index is 12.0. The van der Waals surface area contributed by atoms with Gasteiger partial charge in [0.25, 0.3) is 0 Å². The van der Waals surface area contributed by atoms with E-state index in [4.69, 9.17) is 11.6 Å². The molecule has 0 saturated carbocycles. The number of carbonyl (C=O) groups excluding carboxylic acids is 1. The Morgan fingerprint density at radius 1 is 1.26 bits per heavy atom. The second-order valence-electron chi connectivity index (χ2n) is 7.24. The van der Waals surface area contributed by atoms with Crippen molar-refractivity contribution in [1.82, 2.24) is 10.2 Å². The lowest BCUT2D eigenvalue weighted by molar-refractivity contribution is -0.125. The number of hydrogen-bond acceptors (Lipinski definition) is 3. The van der Waals surface area contributed by atoms with E-state index in [2.05, 4.69) is 29.8 Å². The predicted octanol–water partition coefficient (Wildman–Crippen LogP) is 3.71. The zero-order chi connectivity index (χ0) is 14.8. The number of halogens is 1. The summed E-state index contributed by atoms with van der Waals surface area (Å²) >= 11 is 6.09. The van der Waals surface area contributed by atoms with Gasteiger partial charge in [0.2, 0.25) is 0 Å². The fourth-order valence-corrected chi connectivity index (χ4v) is 3.36. The molecule has 0 bridgehead atoms. The Hall–Kier alpha value is -0.743. The van der Waals surface area contributed by atoms with Gasteiger partial charge in [0, 0.05) is 13.5 Å². The van der Waals surface area contributed by atoms with E-state index in [1.807, 2.05) is 26.8 Å². The van der Waals surface area contributed by atoms with E-state index >= 15 is 0 Å². The summed E-state index contributed by atoms with van der Waals surface area (Å²) in [5, 5.41) is 8.49. The molecule has 1 aromatic heterocycles. The van der Waals surface area contributed by atoms with Gasteiger partial charge in [-0.15, -0.1) is 5.10 Å². The zero-order valence-electron chi connectivity index (χ0n) is 12.7. The molecule has 0 saturated heterocycles. The molecule has 0 aliphatic heterocycles. The van der Waals surface area contributed by atoms with Crippen LogP contribution in [0.1, 0.15) is 32.0 Å². The quantitative estimate of drug-likeness (QED) is 0.796. The fraction of sp³-hybridized carbons (Fsp3) is 0.643. The van der Waals surface area contributed by atoms with E-state index < -0.39 is 8.07 Å². The van der Waals surface area contributed by atoms with Crippen LogP contribution in [-0.2, 0) is 17.3 Å². The first kappa shape index (κ1) is 16.3. The third-order valence-electron chi connectivity index (χ3n) is 2.77. The Labute approximate surface area is 121 Å². The molecular formula is C14H23ClN2OSi. The van der Waals surface area contributed by atoms with Gasteiger partial charge in [0.1, 0.15) is 5.78 Å². The number of nitrogens with zero attached hydrogens (tertiary/aromatic N) is 2. The van der Waals surface area contributed by atoms with Crippen LogP contribution in [0.25, 0.3) is 0 Å². The van der Waals surface area contributed by atoms with Crippen molar-refractivity contribution in [2.45, 2.75) is 52.9 Å². The van der Waals surface area contributed by atoms with Crippen LogP contribution in [-0.4, -0.2) is 24.1 Å². The largest absolute Gasteiger partial charge is 0.299 e. The third kappa shape index (κ3) is 5.41. The lowest BCUT2D eigenvalue weighted by Crippen LogP contribution is -2.25. The zero-order valence-corrected chi connectivity index (χ0v) is 14.4. The maximum absolute atomic E-state index is 12.0. The lowest BCUT2D eigenvalue weighted by Gasteiger charge is -2.18. The van der Waals surface area contributed by atoms with Crippen LogP contribution >= 0.6 is 11.6 Å². The van der Waals surface area contributed by atoms with Gasteiger partial charge in [0.05, 0.1) is 12.1 Å². The average Bonchev–Trinajstić information content (AvgIpc) is 2.19. The second kappa shape index (κ2) is 5.71. The summed E-state index contributed by atoms with van der Waals surface area (Å²) in [4.78, 5) is 12.0. The molecule has 106 valence electrons. The normalized spacial score (nSPS) is 12.6. The van der Waals surface area contributed by atoms with Crippen molar-refractivity contribution in [3.8, 4) is 0 Å². The number of carbonyl (C=O) groups is 1. The van der Waals surface area contributed by atoms with Gasteiger partial charge in [-0.05, 0) is 17.7 Å². The highest BCUT2D eigenvalue weighted by molar-refractivity contribution is 6.75. The van der Waals surface area contributed by atoms with Gasteiger partial charge in [-0.1, -0.05) is 52.0 Å². The average molecular weight is 299 g/mol. The molecule has 5 heteroatoms. The molecule has 1 heterocycles. The second-order valence-corrected chi connectivity index (χ2v) is 13.1. The lowest BCUT2D eigenvalue weighted by atomic mass is 9.88. The highest BCUT2D eigenvalue weighted by Crippen LogP contribution is 2.21. The molecule has 3 nitrogen and oxygen atoms in total. The van der Waals surface area contributed by atoms with E-state index in [1.54, 1.807) is 0 Å². The summed E-state index contributed by atoms with van der Waals surface area (Å²) in [6.07, 6.45) is 0.326. The smallest absolute Gasteiger partial charge is 0.154 e. The molecular weight excluding hydrogens is 276 g/mol. The molecule has 1 aromatic rings. The first-order chi connectivity index (χ1) is 8.49. The Bertz CT molecular complexity index is 475. The van der Waals surface area contributed by atoms with Gasteiger partial charge in [-0.2, -0.15) is 5.10 Å². The number of ketones is 1. The number of aromatic nitrogens is 2. The summed E-state index contributed by atoms with van der Waals surface area (Å²) in [6, 6.07) is 2.90. The van der Waals surface area contributed by atoms with Crippen molar-refractivity contribution in [1.29, 1.82) is 0 Å². The molecule has 0 atom stereocenters. The van der Waals surface area contributed by atoms with E-state index in [9.17, 15) is 4.79 Å².